The van der Waals surface area contributed by atoms with Gasteiger partial charge in [-0.05, 0) is 66.2 Å². The maximum Gasteiger partial charge on any atom is 0.254 e. The monoisotopic (exact) mass is 514 g/mol. The molecule has 2 aromatic heterocycles. The van der Waals surface area contributed by atoms with E-state index in [1.54, 1.807) is 36.4 Å². The number of pyridine rings is 2. The molecule has 9 heteroatoms. The summed E-state index contributed by atoms with van der Waals surface area (Å²) in [6, 6.07) is 22.5. The molecular weight excluding hydrogens is 495 g/mol. The fraction of sp³-hybridized carbons (Fsp3) is 0.0357. The van der Waals surface area contributed by atoms with Crippen LogP contribution in [0.4, 0.5) is 15.8 Å². The van der Waals surface area contributed by atoms with Crippen LogP contribution in [0.15, 0.2) is 96.1 Å². The number of benzene rings is 3. The fourth-order valence-electron chi connectivity index (χ4n) is 3.88. The van der Waals surface area contributed by atoms with Gasteiger partial charge in [-0.15, -0.1) is 0 Å². The molecule has 5 rings (SSSR count). The second-order valence-corrected chi connectivity index (χ2v) is 8.72. The lowest BCUT2D eigenvalue weighted by molar-refractivity contribution is 0.0998. The zero-order chi connectivity index (χ0) is 25.9. The number of amides is 1. The predicted octanol–water partition coefficient (Wildman–Crippen LogP) is 5.87. The highest BCUT2D eigenvalue weighted by atomic mass is 35.5. The lowest BCUT2D eigenvalue weighted by atomic mass is 10.1. The summed E-state index contributed by atoms with van der Waals surface area (Å²) in [6.45, 7) is 0.404. The molecule has 5 aromatic rings. The first kappa shape index (κ1) is 24.0. The van der Waals surface area contributed by atoms with Crippen molar-refractivity contribution in [3.63, 3.8) is 0 Å². The average molecular weight is 515 g/mol. The van der Waals surface area contributed by atoms with Gasteiger partial charge in [0.05, 0.1) is 11.7 Å². The lowest BCUT2D eigenvalue weighted by Gasteiger charge is -2.15. The van der Waals surface area contributed by atoms with Crippen molar-refractivity contribution in [2.24, 2.45) is 5.73 Å². The quantitative estimate of drug-likeness (QED) is 0.283. The van der Waals surface area contributed by atoms with Crippen LogP contribution in [0.25, 0.3) is 10.9 Å². The van der Waals surface area contributed by atoms with Gasteiger partial charge in [-0.25, -0.2) is 9.37 Å². The Hall–Kier alpha value is -4.69. The topological polar surface area (TPSA) is 99.2 Å². The number of rotatable bonds is 7. The molecule has 0 radical (unpaired) electrons. The number of carbonyl (C=O) groups is 1. The minimum atomic E-state index is -0.780. The summed E-state index contributed by atoms with van der Waals surface area (Å²) in [5, 5.41) is 4.30. The van der Waals surface area contributed by atoms with Gasteiger partial charge >= 0.3 is 0 Å². The molecule has 37 heavy (non-hydrogen) atoms. The number of halogens is 2. The second kappa shape index (κ2) is 10.1. The van der Waals surface area contributed by atoms with Crippen molar-refractivity contribution < 1.29 is 13.9 Å². The summed E-state index contributed by atoms with van der Waals surface area (Å²) >= 11 is 6.01. The Kier molecular flexibility index (Phi) is 6.57. The van der Waals surface area contributed by atoms with E-state index in [0.29, 0.717) is 28.2 Å². The zero-order valence-corrected chi connectivity index (χ0v) is 20.1. The number of aromatic nitrogens is 2. The summed E-state index contributed by atoms with van der Waals surface area (Å²) in [7, 11) is 0. The van der Waals surface area contributed by atoms with Crippen LogP contribution in [0.5, 0.6) is 11.6 Å². The van der Waals surface area contributed by atoms with E-state index in [1.165, 1.54) is 18.3 Å². The Labute approximate surface area is 215 Å². The Morgan fingerprint density at radius 1 is 1.00 bits per heavy atom. The van der Waals surface area contributed by atoms with Crippen LogP contribution >= 0.6 is 11.6 Å². The van der Waals surface area contributed by atoms with Gasteiger partial charge in [-0.2, -0.15) is 0 Å². The van der Waals surface area contributed by atoms with Crippen LogP contribution < -0.4 is 21.2 Å². The van der Waals surface area contributed by atoms with E-state index in [4.69, 9.17) is 22.1 Å². The summed E-state index contributed by atoms with van der Waals surface area (Å²) in [6.07, 6.45) is 2.57. The number of nitrogens with zero attached hydrogens (tertiary/aromatic N) is 2. The third-order valence-electron chi connectivity index (χ3n) is 5.68. The van der Waals surface area contributed by atoms with Crippen molar-refractivity contribution >= 4 is 39.8 Å². The van der Waals surface area contributed by atoms with Gasteiger partial charge < -0.3 is 20.4 Å². The van der Waals surface area contributed by atoms with Crippen molar-refractivity contribution in [2.75, 3.05) is 5.32 Å². The highest BCUT2D eigenvalue weighted by Gasteiger charge is 2.14. The molecule has 0 atom stereocenters. The van der Waals surface area contributed by atoms with E-state index in [9.17, 15) is 14.0 Å². The summed E-state index contributed by atoms with van der Waals surface area (Å²) in [5.74, 6) is -0.395. The average Bonchev–Trinajstić information content (AvgIpc) is 2.89. The summed E-state index contributed by atoms with van der Waals surface area (Å²) < 4.78 is 20.5. The molecular formula is C28H20ClFN4O3. The van der Waals surface area contributed by atoms with Crippen LogP contribution in [0, 0.1) is 5.82 Å². The number of nitrogens with two attached hydrogens (primary N) is 1. The van der Waals surface area contributed by atoms with Gasteiger partial charge in [0.2, 0.25) is 11.3 Å². The summed E-state index contributed by atoms with van der Waals surface area (Å²) in [4.78, 5) is 28.7. The largest absolute Gasteiger partial charge is 0.439 e. The van der Waals surface area contributed by atoms with Gasteiger partial charge in [0, 0.05) is 40.6 Å². The van der Waals surface area contributed by atoms with Gasteiger partial charge in [-0.1, -0.05) is 23.7 Å². The van der Waals surface area contributed by atoms with Crippen LogP contribution in [0.2, 0.25) is 5.02 Å². The number of fused-ring (bicyclic) bond motifs is 1. The van der Waals surface area contributed by atoms with Crippen molar-refractivity contribution in [3.05, 3.63) is 123 Å². The lowest BCUT2D eigenvalue weighted by Crippen LogP contribution is -2.24. The number of nitrogens with one attached hydrogen (secondary N) is 1. The Morgan fingerprint density at radius 2 is 1.73 bits per heavy atom. The van der Waals surface area contributed by atoms with E-state index in [0.717, 1.165) is 23.1 Å². The summed E-state index contributed by atoms with van der Waals surface area (Å²) in [5.41, 5.74) is 8.07. The van der Waals surface area contributed by atoms with Crippen molar-refractivity contribution in [2.45, 2.75) is 6.54 Å². The second-order valence-electron chi connectivity index (χ2n) is 8.29. The van der Waals surface area contributed by atoms with Crippen LogP contribution in [-0.4, -0.2) is 15.5 Å². The van der Waals surface area contributed by atoms with Crippen molar-refractivity contribution in [1.29, 1.82) is 0 Å². The van der Waals surface area contributed by atoms with E-state index in [-0.39, 0.29) is 11.4 Å². The zero-order valence-electron chi connectivity index (χ0n) is 19.3. The molecule has 0 bridgehead atoms. The first-order chi connectivity index (χ1) is 17.9. The molecule has 0 unspecified atom stereocenters. The molecule has 0 aliphatic heterocycles. The molecule has 184 valence electrons. The minimum absolute atomic E-state index is 0.0756. The molecule has 7 nitrogen and oxygen atoms in total. The van der Waals surface area contributed by atoms with E-state index < -0.39 is 17.2 Å². The number of anilines is 2. The normalized spacial score (nSPS) is 10.9. The molecule has 0 saturated heterocycles. The number of hydrogen-bond acceptors (Lipinski definition) is 5. The Bertz CT molecular complexity index is 1650. The maximum atomic E-state index is 13.0. The van der Waals surface area contributed by atoms with Gasteiger partial charge in [0.25, 0.3) is 5.91 Å². The maximum absolute atomic E-state index is 13.0. The SMILES string of the molecule is NC(=O)c1cn(Cc2ccc(Cl)cc2)c2cc(Nc3ccc(Oc4ccc(F)cn4)cc3)ccc2c1=O. The smallest absolute Gasteiger partial charge is 0.254 e. The molecule has 0 saturated carbocycles. The first-order valence-corrected chi connectivity index (χ1v) is 11.6. The molecule has 1 amide bonds. The van der Waals surface area contributed by atoms with Crippen LogP contribution in [-0.2, 0) is 6.54 Å². The molecule has 2 heterocycles. The van der Waals surface area contributed by atoms with Crippen LogP contribution in [0.3, 0.4) is 0 Å². The highest BCUT2D eigenvalue weighted by molar-refractivity contribution is 6.30. The van der Waals surface area contributed by atoms with E-state index in [1.807, 2.05) is 34.9 Å². The third kappa shape index (κ3) is 5.44. The number of primary amides is 1. The Morgan fingerprint density at radius 3 is 2.41 bits per heavy atom. The van der Waals surface area contributed by atoms with Crippen LogP contribution in [0.1, 0.15) is 15.9 Å². The van der Waals surface area contributed by atoms with Crippen molar-refractivity contribution in [3.8, 4) is 11.6 Å². The van der Waals surface area contributed by atoms with Crippen molar-refractivity contribution in [1.82, 2.24) is 9.55 Å². The van der Waals surface area contributed by atoms with E-state index in [2.05, 4.69) is 10.3 Å². The van der Waals surface area contributed by atoms with Gasteiger partial charge in [0.15, 0.2) is 0 Å². The molecule has 0 aliphatic rings. The predicted molar refractivity (Wildman–Crippen MR) is 141 cm³/mol. The molecule has 3 aromatic carbocycles. The molecule has 3 N–H and O–H groups in total. The van der Waals surface area contributed by atoms with Gasteiger partial charge in [0.1, 0.15) is 17.1 Å². The standard InChI is InChI=1S/C28H20ClFN4O3/c29-18-3-1-17(2-4-18)15-34-16-24(28(31)36)27(35)23-11-8-21(13-25(23)34)33-20-6-9-22(10-7-20)37-26-12-5-19(30)14-32-26/h1-14,16,33H,15H2,(H2,31,36). The third-order valence-corrected chi connectivity index (χ3v) is 5.93. The number of ether oxygens (including phenoxy) is 1. The van der Waals surface area contributed by atoms with E-state index >= 15 is 0 Å². The first-order valence-electron chi connectivity index (χ1n) is 11.2. The Balaban J connectivity index is 1.44. The molecule has 0 fully saturated rings. The number of hydrogen-bond donors (Lipinski definition) is 2. The number of carbonyl (C=O) groups excluding carboxylic acids is 1. The van der Waals surface area contributed by atoms with Gasteiger partial charge in [-0.3, -0.25) is 9.59 Å². The minimum Gasteiger partial charge on any atom is -0.439 e. The molecule has 0 aliphatic carbocycles. The fourth-order valence-corrected chi connectivity index (χ4v) is 4.00. The molecule has 0 spiro atoms. The highest BCUT2D eigenvalue weighted by Crippen LogP contribution is 2.26.